The first kappa shape index (κ1) is 29.2. The standard InChI is InChI=1S/C28H46N6O2/c1-3-4-5-6-7-8-9-10-11-12-13-14-15-16-21-30-26-25(29)27(32-22-31-26)33-34-28(35)23-17-19-24(36-2)20-18-23/h17-20,22H,3-16,21,29H2,1-2H3,(H,34,35)(H2,30,31,32,33). The van der Waals surface area contributed by atoms with E-state index >= 15 is 0 Å². The number of rotatable bonds is 20. The first-order chi connectivity index (χ1) is 17.7. The van der Waals surface area contributed by atoms with Gasteiger partial charge in [0, 0.05) is 12.1 Å². The van der Waals surface area contributed by atoms with Gasteiger partial charge in [-0.15, -0.1) is 0 Å². The van der Waals surface area contributed by atoms with Crippen LogP contribution in [-0.2, 0) is 0 Å². The molecular formula is C28H46N6O2. The van der Waals surface area contributed by atoms with Gasteiger partial charge in [-0.05, 0) is 30.7 Å². The summed E-state index contributed by atoms with van der Waals surface area (Å²) in [5.74, 6) is 1.32. The molecule has 1 aromatic carbocycles. The Morgan fingerprint density at radius 2 is 1.33 bits per heavy atom. The Hall–Kier alpha value is -3.03. The number of hydrazine groups is 1. The summed E-state index contributed by atoms with van der Waals surface area (Å²) < 4.78 is 5.11. The van der Waals surface area contributed by atoms with Crippen molar-refractivity contribution in [3.05, 3.63) is 36.2 Å². The van der Waals surface area contributed by atoms with Gasteiger partial charge in [0.05, 0.1) is 7.11 Å². The van der Waals surface area contributed by atoms with Gasteiger partial charge >= 0.3 is 0 Å². The van der Waals surface area contributed by atoms with Crippen molar-refractivity contribution in [3.8, 4) is 5.75 Å². The molecule has 0 saturated heterocycles. The third-order valence-electron chi connectivity index (χ3n) is 6.35. The fraction of sp³-hybridized carbons (Fsp3) is 0.607. The average molecular weight is 499 g/mol. The van der Waals surface area contributed by atoms with E-state index in [-0.39, 0.29) is 5.91 Å². The van der Waals surface area contributed by atoms with E-state index in [0.717, 1.165) is 13.0 Å². The van der Waals surface area contributed by atoms with Gasteiger partial charge in [-0.1, -0.05) is 90.4 Å². The van der Waals surface area contributed by atoms with Crippen LogP contribution < -0.4 is 26.6 Å². The highest BCUT2D eigenvalue weighted by molar-refractivity contribution is 5.95. The predicted molar refractivity (Wildman–Crippen MR) is 149 cm³/mol. The lowest BCUT2D eigenvalue weighted by atomic mass is 10.0. The van der Waals surface area contributed by atoms with E-state index in [9.17, 15) is 4.79 Å². The molecule has 0 radical (unpaired) electrons. The van der Waals surface area contributed by atoms with Crippen LogP contribution in [0.25, 0.3) is 0 Å². The first-order valence-corrected chi connectivity index (χ1v) is 13.7. The van der Waals surface area contributed by atoms with Crippen LogP contribution in [0.1, 0.15) is 107 Å². The minimum atomic E-state index is -0.299. The molecule has 8 heteroatoms. The second-order valence-corrected chi connectivity index (χ2v) is 9.32. The summed E-state index contributed by atoms with van der Waals surface area (Å²) in [6, 6.07) is 6.83. The number of nitrogens with one attached hydrogen (secondary N) is 3. The number of anilines is 3. The molecule has 0 saturated carbocycles. The van der Waals surface area contributed by atoms with Gasteiger partial charge in [0.1, 0.15) is 17.8 Å². The molecule has 1 aromatic heterocycles. The number of carbonyl (C=O) groups excluding carboxylic acids is 1. The fourth-order valence-corrected chi connectivity index (χ4v) is 4.09. The molecule has 1 heterocycles. The number of amides is 1. The SMILES string of the molecule is CCCCCCCCCCCCCCCCNc1ncnc(NNC(=O)c2ccc(OC)cc2)c1N. The maximum atomic E-state index is 12.3. The van der Waals surface area contributed by atoms with Crippen molar-refractivity contribution in [1.29, 1.82) is 0 Å². The van der Waals surface area contributed by atoms with E-state index in [4.69, 9.17) is 10.5 Å². The van der Waals surface area contributed by atoms with Crippen molar-refractivity contribution < 1.29 is 9.53 Å². The molecular weight excluding hydrogens is 452 g/mol. The highest BCUT2D eigenvalue weighted by Gasteiger charge is 2.10. The third kappa shape index (κ3) is 11.6. The van der Waals surface area contributed by atoms with Gasteiger partial charge in [0.2, 0.25) is 0 Å². The summed E-state index contributed by atoms with van der Waals surface area (Å²) >= 11 is 0. The largest absolute Gasteiger partial charge is 0.497 e. The molecule has 200 valence electrons. The number of aromatic nitrogens is 2. The Balaban J connectivity index is 1.54. The Morgan fingerprint density at radius 3 is 1.89 bits per heavy atom. The molecule has 0 aliphatic rings. The van der Waals surface area contributed by atoms with E-state index in [1.807, 2.05) is 0 Å². The molecule has 0 aliphatic carbocycles. The lowest BCUT2D eigenvalue weighted by molar-refractivity contribution is 0.0962. The maximum Gasteiger partial charge on any atom is 0.269 e. The quantitative estimate of drug-likeness (QED) is 0.118. The second kappa shape index (κ2) is 18.3. The third-order valence-corrected chi connectivity index (χ3v) is 6.35. The molecule has 0 fully saturated rings. The van der Waals surface area contributed by atoms with Gasteiger partial charge in [0.25, 0.3) is 5.91 Å². The number of nitrogens with zero attached hydrogens (tertiary/aromatic N) is 2. The normalized spacial score (nSPS) is 10.7. The zero-order valence-electron chi connectivity index (χ0n) is 22.3. The summed E-state index contributed by atoms with van der Waals surface area (Å²) in [7, 11) is 1.58. The van der Waals surface area contributed by atoms with E-state index in [0.29, 0.717) is 28.6 Å². The molecule has 0 unspecified atom stereocenters. The predicted octanol–water partition coefficient (Wildman–Crippen LogP) is 6.72. The van der Waals surface area contributed by atoms with Crippen LogP contribution in [0.2, 0.25) is 0 Å². The van der Waals surface area contributed by atoms with Crippen molar-refractivity contribution in [2.75, 3.05) is 30.1 Å². The van der Waals surface area contributed by atoms with Crippen LogP contribution in [0.5, 0.6) is 5.75 Å². The van der Waals surface area contributed by atoms with Crippen molar-refractivity contribution in [1.82, 2.24) is 15.4 Å². The van der Waals surface area contributed by atoms with Crippen molar-refractivity contribution >= 4 is 23.2 Å². The Labute approximate surface area is 217 Å². The Bertz CT molecular complexity index is 860. The van der Waals surface area contributed by atoms with Crippen LogP contribution in [0, 0.1) is 0 Å². The minimum absolute atomic E-state index is 0.299. The summed E-state index contributed by atoms with van der Waals surface area (Å²) in [5, 5.41) is 3.29. The molecule has 0 aliphatic heterocycles. The second-order valence-electron chi connectivity index (χ2n) is 9.32. The summed E-state index contributed by atoms with van der Waals surface area (Å²) in [4.78, 5) is 20.7. The van der Waals surface area contributed by atoms with Crippen LogP contribution in [0.3, 0.4) is 0 Å². The molecule has 0 bridgehead atoms. The minimum Gasteiger partial charge on any atom is -0.497 e. The number of nitrogen functional groups attached to an aromatic ring is 1. The lowest BCUT2D eigenvalue weighted by Gasteiger charge is -2.13. The van der Waals surface area contributed by atoms with Crippen LogP contribution in [0.15, 0.2) is 30.6 Å². The molecule has 0 atom stereocenters. The van der Waals surface area contributed by atoms with E-state index in [2.05, 4.69) is 33.1 Å². The number of benzene rings is 1. The lowest BCUT2D eigenvalue weighted by Crippen LogP contribution is -2.30. The number of ether oxygens (including phenoxy) is 1. The molecule has 2 rings (SSSR count). The molecule has 8 nitrogen and oxygen atoms in total. The molecule has 36 heavy (non-hydrogen) atoms. The zero-order valence-corrected chi connectivity index (χ0v) is 22.3. The van der Waals surface area contributed by atoms with Crippen molar-refractivity contribution in [3.63, 3.8) is 0 Å². The van der Waals surface area contributed by atoms with Gasteiger partial charge < -0.3 is 15.8 Å². The summed E-state index contributed by atoms with van der Waals surface area (Å²) in [6.07, 6.45) is 20.2. The van der Waals surface area contributed by atoms with Gasteiger partial charge in [0.15, 0.2) is 11.6 Å². The summed E-state index contributed by atoms with van der Waals surface area (Å²) in [6.45, 7) is 3.07. The van der Waals surface area contributed by atoms with Gasteiger partial charge in [-0.25, -0.2) is 9.97 Å². The first-order valence-electron chi connectivity index (χ1n) is 13.7. The number of carbonyl (C=O) groups is 1. The number of methoxy groups -OCH3 is 1. The molecule has 0 spiro atoms. The summed E-state index contributed by atoms with van der Waals surface area (Å²) in [5.41, 5.74) is 12.5. The van der Waals surface area contributed by atoms with Crippen LogP contribution >= 0.6 is 0 Å². The number of hydrogen-bond acceptors (Lipinski definition) is 7. The molecule has 1 amide bonds. The number of unbranched alkanes of at least 4 members (excludes halogenated alkanes) is 13. The topological polar surface area (TPSA) is 114 Å². The molecule has 5 N–H and O–H groups in total. The van der Waals surface area contributed by atoms with Crippen molar-refractivity contribution in [2.24, 2.45) is 0 Å². The highest BCUT2D eigenvalue weighted by atomic mass is 16.5. The zero-order chi connectivity index (χ0) is 25.8. The molecule has 2 aromatic rings. The van der Waals surface area contributed by atoms with Gasteiger partial charge in [-0.2, -0.15) is 0 Å². The van der Waals surface area contributed by atoms with Crippen LogP contribution in [0.4, 0.5) is 17.3 Å². The van der Waals surface area contributed by atoms with E-state index in [1.54, 1.807) is 31.4 Å². The van der Waals surface area contributed by atoms with Gasteiger partial charge in [-0.3, -0.25) is 15.6 Å². The average Bonchev–Trinajstić information content (AvgIpc) is 2.91. The number of hydrogen-bond donors (Lipinski definition) is 4. The van der Waals surface area contributed by atoms with E-state index in [1.165, 1.54) is 89.8 Å². The Kier molecular flexibility index (Phi) is 14.8. The van der Waals surface area contributed by atoms with E-state index < -0.39 is 0 Å². The fourth-order valence-electron chi connectivity index (χ4n) is 4.09. The smallest absolute Gasteiger partial charge is 0.269 e. The monoisotopic (exact) mass is 498 g/mol. The maximum absolute atomic E-state index is 12.3. The highest BCUT2D eigenvalue weighted by Crippen LogP contribution is 2.22. The number of nitrogens with two attached hydrogens (primary N) is 1. The van der Waals surface area contributed by atoms with Crippen LogP contribution in [-0.4, -0.2) is 29.5 Å². The van der Waals surface area contributed by atoms with Crippen molar-refractivity contribution in [2.45, 2.75) is 96.8 Å². The Morgan fingerprint density at radius 1 is 0.806 bits per heavy atom.